The molecule has 0 saturated heterocycles. The molecule has 2 nitrogen and oxygen atoms in total. The summed E-state index contributed by atoms with van der Waals surface area (Å²) < 4.78 is 1.15. The zero-order chi connectivity index (χ0) is 15.2. The lowest BCUT2D eigenvalue weighted by molar-refractivity contribution is 0.474. The van der Waals surface area contributed by atoms with Gasteiger partial charge in [-0.2, -0.15) is 0 Å². The highest BCUT2D eigenvalue weighted by molar-refractivity contribution is 9.10. The Bertz CT molecular complexity index is 566. The molecular formula is C18H22BrNO. The molecule has 2 aromatic rings. The summed E-state index contributed by atoms with van der Waals surface area (Å²) in [5, 5.41) is 12.9. The van der Waals surface area contributed by atoms with Gasteiger partial charge >= 0.3 is 0 Å². The number of halogens is 1. The summed E-state index contributed by atoms with van der Waals surface area (Å²) in [6.07, 6.45) is 0.947. The summed E-state index contributed by atoms with van der Waals surface area (Å²) in [5.74, 6) is 0.712. The minimum Gasteiger partial charge on any atom is -0.508 e. The number of nitrogens with one attached hydrogen (secondary N) is 1. The first-order chi connectivity index (χ1) is 10.1. The fourth-order valence-electron chi connectivity index (χ4n) is 2.39. The van der Waals surface area contributed by atoms with Crippen LogP contribution in [0.5, 0.6) is 5.75 Å². The van der Waals surface area contributed by atoms with E-state index in [-0.39, 0.29) is 0 Å². The molecule has 2 N–H and O–H groups in total. The molecule has 21 heavy (non-hydrogen) atoms. The maximum atomic E-state index is 9.41. The summed E-state index contributed by atoms with van der Waals surface area (Å²) >= 11 is 3.66. The van der Waals surface area contributed by atoms with E-state index in [0.717, 1.165) is 17.4 Å². The second-order valence-corrected chi connectivity index (χ2v) is 6.51. The Morgan fingerprint density at radius 1 is 1.05 bits per heavy atom. The molecule has 2 aromatic carbocycles. The Kier molecular flexibility index (Phi) is 5.83. The van der Waals surface area contributed by atoms with Crippen molar-refractivity contribution in [3.05, 3.63) is 64.1 Å². The van der Waals surface area contributed by atoms with Crippen molar-refractivity contribution >= 4 is 15.9 Å². The van der Waals surface area contributed by atoms with Crippen LogP contribution in [0.25, 0.3) is 0 Å². The van der Waals surface area contributed by atoms with Gasteiger partial charge in [0.05, 0.1) is 0 Å². The molecule has 0 spiro atoms. The van der Waals surface area contributed by atoms with Crippen LogP contribution in [0.15, 0.2) is 53.0 Å². The second-order valence-electron chi connectivity index (χ2n) is 5.65. The van der Waals surface area contributed by atoms with Gasteiger partial charge in [0, 0.05) is 23.0 Å². The van der Waals surface area contributed by atoms with Gasteiger partial charge in [0.1, 0.15) is 5.75 Å². The Balaban J connectivity index is 2.19. The zero-order valence-electron chi connectivity index (χ0n) is 12.5. The van der Waals surface area contributed by atoms with Gasteiger partial charge in [-0.15, -0.1) is 0 Å². The highest BCUT2D eigenvalue weighted by Crippen LogP contribution is 2.28. The van der Waals surface area contributed by atoms with Gasteiger partial charge < -0.3 is 10.4 Å². The van der Waals surface area contributed by atoms with E-state index in [9.17, 15) is 5.11 Å². The molecule has 0 radical (unpaired) electrons. The number of hydrogen-bond donors (Lipinski definition) is 2. The average Bonchev–Trinajstić information content (AvgIpc) is 2.46. The van der Waals surface area contributed by atoms with Crippen LogP contribution >= 0.6 is 15.9 Å². The van der Waals surface area contributed by atoms with Crippen LogP contribution < -0.4 is 5.32 Å². The minimum absolute atomic E-state index is 0.316. The van der Waals surface area contributed by atoms with Crippen LogP contribution in [0, 0.1) is 0 Å². The van der Waals surface area contributed by atoms with Crippen molar-refractivity contribution in [3.63, 3.8) is 0 Å². The van der Waals surface area contributed by atoms with E-state index >= 15 is 0 Å². The number of aromatic hydroxyl groups is 1. The minimum atomic E-state index is 0.316. The Morgan fingerprint density at radius 3 is 2.33 bits per heavy atom. The van der Waals surface area contributed by atoms with E-state index in [4.69, 9.17) is 0 Å². The van der Waals surface area contributed by atoms with Crippen molar-refractivity contribution in [1.29, 1.82) is 0 Å². The number of phenolic OH excluding ortho intramolecular Hbond substituents is 1. The summed E-state index contributed by atoms with van der Waals surface area (Å²) in [6, 6.07) is 16.4. The Hall–Kier alpha value is -1.32. The third-order valence-corrected chi connectivity index (χ3v) is 4.26. The fraction of sp³-hybridized carbons (Fsp3) is 0.333. The van der Waals surface area contributed by atoms with Crippen LogP contribution in [0.3, 0.4) is 0 Å². The summed E-state index contributed by atoms with van der Waals surface area (Å²) in [6.45, 7) is 5.26. The molecule has 0 aliphatic rings. The van der Waals surface area contributed by atoms with Gasteiger partial charge in [0.25, 0.3) is 0 Å². The maximum absolute atomic E-state index is 9.41. The van der Waals surface area contributed by atoms with Gasteiger partial charge in [-0.05, 0) is 35.7 Å². The molecular weight excluding hydrogens is 326 g/mol. The van der Waals surface area contributed by atoms with Crippen molar-refractivity contribution in [2.24, 2.45) is 0 Å². The molecule has 1 atom stereocenters. The van der Waals surface area contributed by atoms with E-state index in [1.165, 1.54) is 11.1 Å². The topological polar surface area (TPSA) is 32.3 Å². The molecule has 0 aromatic heterocycles. The third kappa shape index (κ3) is 4.87. The first kappa shape index (κ1) is 16.1. The lowest BCUT2D eigenvalue weighted by Crippen LogP contribution is -2.29. The number of rotatable bonds is 6. The van der Waals surface area contributed by atoms with E-state index in [1.54, 1.807) is 12.1 Å². The van der Waals surface area contributed by atoms with E-state index in [2.05, 4.69) is 53.3 Å². The third-order valence-electron chi connectivity index (χ3n) is 3.54. The lowest BCUT2D eigenvalue weighted by atomic mass is 9.91. The molecule has 0 saturated carbocycles. The SMILES string of the molecule is CC(C)NCC(Cc1ccc(O)cc1)c1ccccc1Br. The molecule has 0 heterocycles. The van der Waals surface area contributed by atoms with Gasteiger partial charge in [0.15, 0.2) is 0 Å². The Morgan fingerprint density at radius 2 is 1.71 bits per heavy atom. The molecule has 0 aliphatic heterocycles. The van der Waals surface area contributed by atoms with Gasteiger partial charge in [0.2, 0.25) is 0 Å². The highest BCUT2D eigenvalue weighted by atomic mass is 79.9. The number of phenols is 1. The van der Waals surface area contributed by atoms with Gasteiger partial charge in [-0.1, -0.05) is 60.1 Å². The maximum Gasteiger partial charge on any atom is 0.115 e. The first-order valence-electron chi connectivity index (χ1n) is 7.32. The van der Waals surface area contributed by atoms with Crippen LogP contribution in [0.1, 0.15) is 30.9 Å². The number of hydrogen-bond acceptors (Lipinski definition) is 2. The van der Waals surface area contributed by atoms with Crippen molar-refractivity contribution in [2.45, 2.75) is 32.2 Å². The van der Waals surface area contributed by atoms with Crippen molar-refractivity contribution in [2.75, 3.05) is 6.54 Å². The molecule has 2 rings (SSSR count). The van der Waals surface area contributed by atoms with Crippen LogP contribution in [0.4, 0.5) is 0 Å². The summed E-state index contributed by atoms with van der Waals surface area (Å²) in [5.41, 5.74) is 2.55. The highest BCUT2D eigenvalue weighted by Gasteiger charge is 2.15. The summed E-state index contributed by atoms with van der Waals surface area (Å²) in [7, 11) is 0. The quantitative estimate of drug-likeness (QED) is 0.807. The average molecular weight is 348 g/mol. The van der Waals surface area contributed by atoms with Crippen molar-refractivity contribution in [1.82, 2.24) is 5.32 Å². The lowest BCUT2D eigenvalue weighted by Gasteiger charge is -2.21. The van der Waals surface area contributed by atoms with E-state index < -0.39 is 0 Å². The van der Waals surface area contributed by atoms with E-state index in [0.29, 0.717) is 17.7 Å². The Labute approximate surface area is 135 Å². The van der Waals surface area contributed by atoms with Crippen molar-refractivity contribution < 1.29 is 5.11 Å². The largest absolute Gasteiger partial charge is 0.508 e. The fourth-order valence-corrected chi connectivity index (χ4v) is 3.00. The molecule has 0 aliphatic carbocycles. The summed E-state index contributed by atoms with van der Waals surface area (Å²) in [4.78, 5) is 0. The molecule has 0 fully saturated rings. The predicted octanol–water partition coefficient (Wildman–Crippen LogP) is 4.48. The van der Waals surface area contributed by atoms with Crippen LogP contribution in [-0.2, 0) is 6.42 Å². The van der Waals surface area contributed by atoms with Crippen LogP contribution in [-0.4, -0.2) is 17.7 Å². The molecule has 0 amide bonds. The molecule has 112 valence electrons. The van der Waals surface area contributed by atoms with Crippen LogP contribution in [0.2, 0.25) is 0 Å². The zero-order valence-corrected chi connectivity index (χ0v) is 14.1. The normalized spacial score (nSPS) is 12.6. The van der Waals surface area contributed by atoms with E-state index in [1.807, 2.05) is 18.2 Å². The predicted molar refractivity (Wildman–Crippen MR) is 91.8 cm³/mol. The first-order valence-corrected chi connectivity index (χ1v) is 8.11. The molecule has 3 heteroatoms. The molecule has 0 bridgehead atoms. The van der Waals surface area contributed by atoms with Crippen molar-refractivity contribution in [3.8, 4) is 5.75 Å². The van der Waals surface area contributed by atoms with Gasteiger partial charge in [-0.25, -0.2) is 0 Å². The van der Waals surface area contributed by atoms with Gasteiger partial charge in [-0.3, -0.25) is 0 Å². The second kappa shape index (κ2) is 7.62. The standard InChI is InChI=1S/C18H22BrNO/c1-13(2)20-12-15(17-5-3-4-6-18(17)19)11-14-7-9-16(21)10-8-14/h3-10,13,15,20-21H,11-12H2,1-2H3. The molecule has 1 unspecified atom stereocenters. The monoisotopic (exact) mass is 347 g/mol. The number of benzene rings is 2. The smallest absolute Gasteiger partial charge is 0.115 e.